The van der Waals surface area contributed by atoms with E-state index < -0.39 is 11.8 Å². The van der Waals surface area contributed by atoms with Crippen LogP contribution in [0.25, 0.3) is 10.1 Å². The quantitative estimate of drug-likeness (QED) is 0.734. The highest BCUT2D eigenvalue weighted by molar-refractivity contribution is 9.10. The highest BCUT2D eigenvalue weighted by Gasteiger charge is 2.19. The van der Waals surface area contributed by atoms with E-state index in [1.54, 1.807) is 6.07 Å². The molecule has 16 heavy (non-hydrogen) atoms. The Hall–Kier alpha value is -0.650. The van der Waals surface area contributed by atoms with Gasteiger partial charge in [0.1, 0.15) is 10.7 Å². The number of rotatable bonds is 1. The predicted octanol–water partition coefficient (Wildman–Crippen LogP) is 4.24. The Bertz CT molecular complexity index is 582. The zero-order valence-electron chi connectivity index (χ0n) is 8.01. The third-order valence-electron chi connectivity index (χ3n) is 2.02. The minimum Gasteiger partial charge on any atom is -0.465 e. The van der Waals surface area contributed by atoms with E-state index in [-0.39, 0.29) is 9.90 Å². The van der Waals surface area contributed by atoms with Gasteiger partial charge in [-0.2, -0.15) is 0 Å². The van der Waals surface area contributed by atoms with Gasteiger partial charge in [0, 0.05) is 9.86 Å². The Kier molecular flexibility index (Phi) is 3.19. The number of carbonyl (C=O) groups excluding carboxylic acids is 1. The zero-order valence-corrected chi connectivity index (χ0v) is 11.2. The van der Waals surface area contributed by atoms with Crippen LogP contribution in [0.4, 0.5) is 4.39 Å². The number of thiophene rings is 1. The number of carbonyl (C=O) groups is 1. The molecular formula is C10H5BrClFO2S. The van der Waals surface area contributed by atoms with Crippen LogP contribution in [-0.2, 0) is 4.74 Å². The molecule has 6 heteroatoms. The first kappa shape index (κ1) is 11.8. The normalized spacial score (nSPS) is 10.8. The summed E-state index contributed by atoms with van der Waals surface area (Å²) in [5, 5.41) is 0.742. The fraction of sp³-hybridized carbons (Fsp3) is 0.100. The van der Waals surface area contributed by atoms with Crippen molar-refractivity contribution >= 4 is 54.9 Å². The minimum atomic E-state index is -0.554. The van der Waals surface area contributed by atoms with Crippen LogP contribution in [0.5, 0.6) is 0 Å². The lowest BCUT2D eigenvalue weighted by Gasteiger charge is -1.95. The van der Waals surface area contributed by atoms with Gasteiger partial charge in [0.15, 0.2) is 0 Å². The van der Waals surface area contributed by atoms with Crippen molar-refractivity contribution < 1.29 is 13.9 Å². The average Bonchev–Trinajstić information content (AvgIpc) is 2.56. The summed E-state index contributed by atoms with van der Waals surface area (Å²) in [4.78, 5) is 11.6. The molecule has 0 aliphatic heterocycles. The lowest BCUT2D eigenvalue weighted by atomic mass is 10.2. The highest BCUT2D eigenvalue weighted by Crippen LogP contribution is 2.38. The van der Waals surface area contributed by atoms with Gasteiger partial charge in [-0.3, -0.25) is 0 Å². The molecule has 0 N–H and O–H groups in total. The number of fused-ring (bicyclic) bond motifs is 1. The number of esters is 1. The molecule has 0 unspecified atom stereocenters. The Morgan fingerprint density at radius 1 is 1.56 bits per heavy atom. The molecule has 1 aromatic carbocycles. The smallest absolute Gasteiger partial charge is 0.349 e. The maximum Gasteiger partial charge on any atom is 0.349 e. The zero-order chi connectivity index (χ0) is 11.9. The Morgan fingerprint density at radius 3 is 2.88 bits per heavy atom. The van der Waals surface area contributed by atoms with Gasteiger partial charge in [-0.15, -0.1) is 11.3 Å². The number of methoxy groups -OCH3 is 1. The number of ether oxygens (including phenoxy) is 1. The summed E-state index contributed by atoms with van der Waals surface area (Å²) in [6, 6.07) is 3.00. The molecule has 2 rings (SSSR count). The van der Waals surface area contributed by atoms with Crippen LogP contribution in [0.15, 0.2) is 16.6 Å². The second-order valence-electron chi connectivity index (χ2n) is 3.00. The Labute approximate surface area is 108 Å². The SMILES string of the molecule is COC(=O)c1sc2c(F)cc(Br)cc2c1Cl. The van der Waals surface area contributed by atoms with Crippen molar-refractivity contribution in [1.29, 1.82) is 0 Å². The van der Waals surface area contributed by atoms with Gasteiger partial charge in [-0.25, -0.2) is 9.18 Å². The lowest BCUT2D eigenvalue weighted by molar-refractivity contribution is 0.0606. The minimum absolute atomic E-state index is 0.219. The molecule has 0 spiro atoms. The average molecular weight is 324 g/mol. The van der Waals surface area contributed by atoms with Gasteiger partial charge < -0.3 is 4.74 Å². The first-order chi connectivity index (χ1) is 7.54. The molecule has 0 amide bonds. The molecule has 0 bridgehead atoms. The van der Waals surface area contributed by atoms with Crippen LogP contribution in [0.3, 0.4) is 0 Å². The number of benzene rings is 1. The van der Waals surface area contributed by atoms with Crippen molar-refractivity contribution in [2.24, 2.45) is 0 Å². The number of halogens is 3. The summed E-state index contributed by atoms with van der Waals surface area (Å²) in [7, 11) is 1.26. The summed E-state index contributed by atoms with van der Waals surface area (Å²) in [5.74, 6) is -0.965. The number of hydrogen-bond donors (Lipinski definition) is 0. The molecule has 1 heterocycles. The molecule has 0 radical (unpaired) electrons. The van der Waals surface area contributed by atoms with E-state index in [9.17, 15) is 9.18 Å². The first-order valence-corrected chi connectivity index (χ1v) is 6.18. The van der Waals surface area contributed by atoms with E-state index in [1.165, 1.54) is 13.2 Å². The second kappa shape index (κ2) is 4.31. The van der Waals surface area contributed by atoms with Crippen molar-refractivity contribution in [3.63, 3.8) is 0 Å². The predicted molar refractivity (Wildman–Crippen MR) is 65.8 cm³/mol. The summed E-state index contributed by atoms with van der Waals surface area (Å²) in [6.45, 7) is 0. The van der Waals surface area contributed by atoms with Gasteiger partial charge >= 0.3 is 5.97 Å². The largest absolute Gasteiger partial charge is 0.465 e. The first-order valence-electron chi connectivity index (χ1n) is 4.20. The molecule has 84 valence electrons. The maximum atomic E-state index is 13.6. The topological polar surface area (TPSA) is 26.3 Å². The van der Waals surface area contributed by atoms with E-state index in [0.29, 0.717) is 14.6 Å². The van der Waals surface area contributed by atoms with Gasteiger partial charge in [-0.1, -0.05) is 27.5 Å². The summed E-state index contributed by atoms with van der Waals surface area (Å²) in [5.41, 5.74) is 0. The van der Waals surface area contributed by atoms with Crippen LogP contribution in [0.2, 0.25) is 5.02 Å². The summed E-state index contributed by atoms with van der Waals surface area (Å²) < 4.78 is 19.1. The van der Waals surface area contributed by atoms with E-state index in [4.69, 9.17) is 11.6 Å². The third kappa shape index (κ3) is 1.83. The molecular weight excluding hydrogens is 319 g/mol. The van der Waals surface area contributed by atoms with Crippen LogP contribution in [-0.4, -0.2) is 13.1 Å². The fourth-order valence-corrected chi connectivity index (χ4v) is 3.15. The molecule has 2 nitrogen and oxygen atoms in total. The third-order valence-corrected chi connectivity index (χ3v) is 4.18. The lowest BCUT2D eigenvalue weighted by Crippen LogP contribution is -1.97. The van der Waals surface area contributed by atoms with Gasteiger partial charge in [0.25, 0.3) is 0 Å². The molecule has 0 fully saturated rings. The molecule has 0 aliphatic carbocycles. The summed E-state index contributed by atoms with van der Waals surface area (Å²) in [6.07, 6.45) is 0. The van der Waals surface area contributed by atoms with Crippen molar-refractivity contribution in [3.8, 4) is 0 Å². The summed E-state index contributed by atoms with van der Waals surface area (Å²) >= 11 is 10.2. The maximum absolute atomic E-state index is 13.6. The van der Waals surface area contributed by atoms with Crippen molar-refractivity contribution in [1.82, 2.24) is 0 Å². The molecule has 0 aliphatic rings. The monoisotopic (exact) mass is 322 g/mol. The molecule has 2 aromatic rings. The fourth-order valence-electron chi connectivity index (χ4n) is 1.32. The van der Waals surface area contributed by atoms with Crippen molar-refractivity contribution in [2.75, 3.05) is 7.11 Å². The number of hydrogen-bond acceptors (Lipinski definition) is 3. The van der Waals surface area contributed by atoms with Gasteiger partial charge in [0.2, 0.25) is 0 Å². The second-order valence-corrected chi connectivity index (χ2v) is 5.32. The van der Waals surface area contributed by atoms with E-state index in [1.807, 2.05) is 0 Å². The molecule has 1 aromatic heterocycles. The van der Waals surface area contributed by atoms with Crippen LogP contribution in [0, 0.1) is 5.82 Å². The standard InChI is InChI=1S/C10H5BrClFO2S/c1-15-10(14)9-7(12)5-2-4(11)3-6(13)8(5)16-9/h2-3H,1H3. The Morgan fingerprint density at radius 2 is 2.25 bits per heavy atom. The molecule has 0 atom stereocenters. The molecule has 0 saturated carbocycles. The molecule has 0 saturated heterocycles. The van der Waals surface area contributed by atoms with Crippen molar-refractivity contribution in [2.45, 2.75) is 0 Å². The van der Waals surface area contributed by atoms with Crippen molar-refractivity contribution in [3.05, 3.63) is 32.3 Å². The highest BCUT2D eigenvalue weighted by atomic mass is 79.9. The van der Waals surface area contributed by atoms with Crippen LogP contribution in [0.1, 0.15) is 9.67 Å². The van der Waals surface area contributed by atoms with E-state index >= 15 is 0 Å². The van der Waals surface area contributed by atoms with Gasteiger partial charge in [-0.05, 0) is 12.1 Å². The van der Waals surface area contributed by atoms with E-state index in [2.05, 4.69) is 20.7 Å². The van der Waals surface area contributed by atoms with Crippen LogP contribution >= 0.6 is 38.9 Å². The Balaban J connectivity index is 2.77. The van der Waals surface area contributed by atoms with Crippen LogP contribution < -0.4 is 0 Å². The van der Waals surface area contributed by atoms with Gasteiger partial charge in [0.05, 0.1) is 16.8 Å². The van der Waals surface area contributed by atoms with E-state index in [0.717, 1.165) is 11.3 Å².